The van der Waals surface area contributed by atoms with Gasteiger partial charge in [-0.05, 0) is 35.7 Å². The Kier molecular flexibility index (Phi) is 3.65. The average molecular weight is 300 g/mol. The van der Waals surface area contributed by atoms with Crippen LogP contribution in [0, 0.1) is 6.92 Å². The van der Waals surface area contributed by atoms with Gasteiger partial charge < -0.3 is 15.1 Å². The molecule has 3 aromatic rings. The fraction of sp³-hybridized carbons (Fsp3) is 0.0714. The number of nitrogens with zero attached hydrogens (tertiary/aromatic N) is 2. The van der Waals surface area contributed by atoms with Crippen molar-refractivity contribution in [2.45, 2.75) is 6.92 Å². The fourth-order valence-corrected chi connectivity index (χ4v) is 2.33. The minimum absolute atomic E-state index is 0.283. The Hall–Kier alpha value is -2.67. The van der Waals surface area contributed by atoms with Crippen molar-refractivity contribution in [3.05, 3.63) is 47.0 Å². The highest BCUT2D eigenvalue weighted by atomic mass is 32.1. The quantitative estimate of drug-likeness (QED) is 0.772. The van der Waals surface area contributed by atoms with E-state index in [9.17, 15) is 4.79 Å². The maximum absolute atomic E-state index is 11.8. The van der Waals surface area contributed by atoms with Gasteiger partial charge in [-0.15, -0.1) is 10.2 Å². The molecular formula is C14H12N4O2S. The van der Waals surface area contributed by atoms with Crippen molar-refractivity contribution in [3.8, 4) is 11.5 Å². The zero-order valence-electron chi connectivity index (χ0n) is 11.2. The number of urea groups is 1. The highest BCUT2D eigenvalue weighted by molar-refractivity contribution is 7.08. The molecule has 0 bridgehead atoms. The lowest BCUT2D eigenvalue weighted by atomic mass is 10.2. The van der Waals surface area contributed by atoms with Crippen LogP contribution in [0.1, 0.15) is 5.89 Å². The van der Waals surface area contributed by atoms with E-state index in [1.54, 1.807) is 19.1 Å². The van der Waals surface area contributed by atoms with Crippen molar-refractivity contribution in [1.29, 1.82) is 0 Å². The van der Waals surface area contributed by atoms with Gasteiger partial charge in [-0.1, -0.05) is 0 Å². The van der Waals surface area contributed by atoms with E-state index < -0.39 is 0 Å². The summed E-state index contributed by atoms with van der Waals surface area (Å²) in [5, 5.41) is 17.0. The first-order chi connectivity index (χ1) is 10.2. The maximum atomic E-state index is 11.8. The van der Waals surface area contributed by atoms with E-state index in [0.29, 0.717) is 17.5 Å². The van der Waals surface area contributed by atoms with E-state index in [2.05, 4.69) is 20.8 Å². The molecule has 0 aliphatic carbocycles. The van der Waals surface area contributed by atoms with Gasteiger partial charge in [-0.2, -0.15) is 11.3 Å². The molecule has 3 rings (SSSR count). The summed E-state index contributed by atoms with van der Waals surface area (Å²) in [6.45, 7) is 1.74. The number of hydrogen-bond acceptors (Lipinski definition) is 5. The molecule has 0 saturated carbocycles. The van der Waals surface area contributed by atoms with Gasteiger partial charge in [0.05, 0.1) is 5.69 Å². The zero-order chi connectivity index (χ0) is 14.7. The second kappa shape index (κ2) is 5.76. The van der Waals surface area contributed by atoms with E-state index in [1.807, 2.05) is 29.0 Å². The fourth-order valence-electron chi connectivity index (χ4n) is 1.74. The molecule has 21 heavy (non-hydrogen) atoms. The number of carbonyl (C=O) groups is 1. The first-order valence-electron chi connectivity index (χ1n) is 6.21. The Morgan fingerprint density at radius 1 is 1.10 bits per heavy atom. The van der Waals surface area contributed by atoms with Crippen molar-refractivity contribution in [1.82, 2.24) is 10.2 Å². The Bertz CT molecular complexity index is 735. The molecule has 0 aliphatic rings. The molecule has 0 saturated heterocycles. The van der Waals surface area contributed by atoms with E-state index in [1.165, 1.54) is 11.3 Å². The third kappa shape index (κ3) is 3.26. The van der Waals surface area contributed by atoms with E-state index in [-0.39, 0.29) is 6.03 Å². The monoisotopic (exact) mass is 300 g/mol. The number of rotatable bonds is 3. The van der Waals surface area contributed by atoms with Crippen LogP contribution in [0.3, 0.4) is 0 Å². The van der Waals surface area contributed by atoms with Crippen molar-refractivity contribution in [3.63, 3.8) is 0 Å². The van der Waals surface area contributed by atoms with Crippen LogP contribution in [0.5, 0.6) is 0 Å². The highest BCUT2D eigenvalue weighted by Crippen LogP contribution is 2.20. The molecule has 7 heteroatoms. The molecule has 106 valence electrons. The number of nitrogens with one attached hydrogen (secondary N) is 2. The molecule has 0 aliphatic heterocycles. The molecule has 1 aromatic carbocycles. The van der Waals surface area contributed by atoms with Crippen LogP contribution in [-0.4, -0.2) is 16.2 Å². The number of aromatic nitrogens is 2. The lowest BCUT2D eigenvalue weighted by molar-refractivity contribution is 0.262. The van der Waals surface area contributed by atoms with E-state index in [0.717, 1.165) is 11.3 Å². The van der Waals surface area contributed by atoms with Crippen LogP contribution < -0.4 is 10.6 Å². The number of amides is 2. The first kappa shape index (κ1) is 13.3. The largest absolute Gasteiger partial charge is 0.421 e. The number of carbonyl (C=O) groups excluding carboxylic acids is 1. The van der Waals surface area contributed by atoms with Gasteiger partial charge in [0.1, 0.15) is 0 Å². The second-order valence-corrected chi connectivity index (χ2v) is 5.07. The molecule has 6 nitrogen and oxygen atoms in total. The van der Waals surface area contributed by atoms with Crippen LogP contribution in [0.4, 0.5) is 16.2 Å². The first-order valence-corrected chi connectivity index (χ1v) is 7.16. The molecular weight excluding hydrogens is 288 g/mol. The molecule has 2 aromatic heterocycles. The van der Waals surface area contributed by atoms with Gasteiger partial charge in [0, 0.05) is 23.6 Å². The van der Waals surface area contributed by atoms with Crippen molar-refractivity contribution < 1.29 is 9.21 Å². The predicted molar refractivity (Wildman–Crippen MR) is 81.4 cm³/mol. The van der Waals surface area contributed by atoms with Crippen LogP contribution in [0.25, 0.3) is 11.5 Å². The minimum atomic E-state index is -0.283. The molecule has 2 heterocycles. The summed E-state index contributed by atoms with van der Waals surface area (Å²) in [6, 6.07) is 8.74. The average Bonchev–Trinajstić information content (AvgIpc) is 3.11. The van der Waals surface area contributed by atoms with E-state index in [4.69, 9.17) is 4.42 Å². The van der Waals surface area contributed by atoms with Gasteiger partial charge in [-0.25, -0.2) is 4.79 Å². The van der Waals surface area contributed by atoms with Gasteiger partial charge in [0.25, 0.3) is 0 Å². The zero-order valence-corrected chi connectivity index (χ0v) is 12.0. The van der Waals surface area contributed by atoms with Crippen molar-refractivity contribution in [2.24, 2.45) is 0 Å². The molecule has 2 N–H and O–H groups in total. The van der Waals surface area contributed by atoms with Gasteiger partial charge >= 0.3 is 6.03 Å². The molecule has 0 fully saturated rings. The summed E-state index contributed by atoms with van der Waals surface area (Å²) >= 11 is 1.52. The van der Waals surface area contributed by atoms with Crippen molar-refractivity contribution >= 4 is 28.7 Å². The van der Waals surface area contributed by atoms with Gasteiger partial charge in [0.15, 0.2) is 0 Å². The normalized spacial score (nSPS) is 10.3. The number of benzene rings is 1. The topological polar surface area (TPSA) is 80.0 Å². The summed E-state index contributed by atoms with van der Waals surface area (Å²) in [5.74, 6) is 0.976. The Morgan fingerprint density at radius 2 is 1.86 bits per heavy atom. The van der Waals surface area contributed by atoms with Gasteiger partial charge in [-0.3, -0.25) is 0 Å². The summed E-state index contributed by atoms with van der Waals surface area (Å²) < 4.78 is 5.34. The van der Waals surface area contributed by atoms with Gasteiger partial charge in [0.2, 0.25) is 11.8 Å². The van der Waals surface area contributed by atoms with Crippen LogP contribution in [0.2, 0.25) is 0 Å². The summed E-state index contributed by atoms with van der Waals surface area (Å²) in [5.41, 5.74) is 2.26. The second-order valence-electron chi connectivity index (χ2n) is 4.29. The molecule has 0 atom stereocenters. The highest BCUT2D eigenvalue weighted by Gasteiger charge is 2.07. The van der Waals surface area contributed by atoms with Crippen LogP contribution in [-0.2, 0) is 0 Å². The lowest BCUT2D eigenvalue weighted by Crippen LogP contribution is -2.18. The number of aryl methyl sites for hydroxylation is 1. The molecule has 2 amide bonds. The number of thiophene rings is 1. The SMILES string of the molecule is Cc1nnc(-c2ccc(NC(=O)Nc3ccsc3)cc2)o1. The lowest BCUT2D eigenvalue weighted by Gasteiger charge is -2.06. The Balaban J connectivity index is 1.65. The number of hydrogen-bond donors (Lipinski definition) is 2. The van der Waals surface area contributed by atoms with Crippen molar-refractivity contribution in [2.75, 3.05) is 10.6 Å². The summed E-state index contributed by atoms with van der Waals surface area (Å²) in [6.07, 6.45) is 0. The summed E-state index contributed by atoms with van der Waals surface area (Å²) in [7, 11) is 0. The standard InChI is InChI=1S/C14H12N4O2S/c1-9-17-18-13(20-9)10-2-4-11(5-3-10)15-14(19)16-12-6-7-21-8-12/h2-8H,1H3,(H2,15,16,19). The molecule has 0 spiro atoms. The third-order valence-corrected chi connectivity index (χ3v) is 3.38. The minimum Gasteiger partial charge on any atom is -0.421 e. The molecule has 0 radical (unpaired) electrons. The van der Waals surface area contributed by atoms with E-state index >= 15 is 0 Å². The predicted octanol–water partition coefficient (Wildman–Crippen LogP) is 3.75. The Labute approximate surface area is 124 Å². The maximum Gasteiger partial charge on any atom is 0.323 e. The number of anilines is 2. The van der Waals surface area contributed by atoms with Crippen LogP contribution >= 0.6 is 11.3 Å². The van der Waals surface area contributed by atoms with Crippen LogP contribution in [0.15, 0.2) is 45.5 Å². The smallest absolute Gasteiger partial charge is 0.323 e. The third-order valence-electron chi connectivity index (χ3n) is 2.69. The summed E-state index contributed by atoms with van der Waals surface area (Å²) in [4.78, 5) is 11.8. The molecule has 0 unspecified atom stereocenters. The Morgan fingerprint density at radius 3 is 2.48 bits per heavy atom.